The quantitative estimate of drug-likeness (QED) is 0.156. The number of carboxylic acids is 2. The average molecular weight is 589 g/mol. The number of carboxylic acid groups (broad SMARTS) is 2. The van der Waals surface area contributed by atoms with Gasteiger partial charge in [0.15, 0.2) is 0 Å². The van der Waals surface area contributed by atoms with Gasteiger partial charge in [0.05, 0.1) is 11.6 Å². The first kappa shape index (κ1) is 32.5. The second-order valence-corrected chi connectivity index (χ2v) is 10.2. The lowest BCUT2D eigenvalue weighted by Gasteiger charge is -2.23. The molecule has 0 heterocycles. The van der Waals surface area contributed by atoms with Crippen LogP contribution in [0.4, 0.5) is 5.69 Å². The molecule has 3 amide bonds. The molecule has 3 rings (SSSR count). The molecule has 0 aromatic heterocycles. The number of carbonyl (C=O) groups excluding carboxylic acids is 3. The van der Waals surface area contributed by atoms with E-state index in [9.17, 15) is 29.1 Å². The molecule has 0 aliphatic rings. The zero-order valence-corrected chi connectivity index (χ0v) is 23.9. The van der Waals surface area contributed by atoms with Gasteiger partial charge in [0.2, 0.25) is 17.7 Å². The number of amides is 3. The molecule has 11 nitrogen and oxygen atoms in total. The number of hydrogen-bond donors (Lipinski definition) is 6. The van der Waals surface area contributed by atoms with Crippen molar-refractivity contribution < 1.29 is 34.2 Å². The monoisotopic (exact) mass is 588 g/mol. The standard InChI is InChI=1S/C32H36N4O7/c1-20(33-26(32(42)43)18-13-22-9-5-3-6-10-22)28(37)34-21(2)29(38)36-30(39)27(19-23-11-7-4-8-12-23)35-25-16-14-24(15-17-25)31(40)41/h3-12,14-17,20-21,26-27,33,35H,13,18-19H2,1-2H3,(H,34,37)(H,40,41)(H,42,43)(H,36,38,39). The van der Waals surface area contributed by atoms with E-state index in [-0.39, 0.29) is 18.4 Å². The van der Waals surface area contributed by atoms with Gasteiger partial charge in [-0.15, -0.1) is 0 Å². The van der Waals surface area contributed by atoms with Crippen LogP contribution in [0.3, 0.4) is 0 Å². The van der Waals surface area contributed by atoms with E-state index in [2.05, 4.69) is 21.3 Å². The van der Waals surface area contributed by atoms with E-state index in [0.717, 1.165) is 11.1 Å². The van der Waals surface area contributed by atoms with Crippen LogP contribution in [0.2, 0.25) is 0 Å². The van der Waals surface area contributed by atoms with Gasteiger partial charge in [-0.1, -0.05) is 60.7 Å². The summed E-state index contributed by atoms with van der Waals surface area (Å²) in [7, 11) is 0. The normalized spacial score (nSPS) is 13.5. The Balaban J connectivity index is 1.59. The third-order valence-electron chi connectivity index (χ3n) is 6.78. The van der Waals surface area contributed by atoms with Crippen LogP contribution >= 0.6 is 0 Å². The minimum absolute atomic E-state index is 0.0870. The molecule has 0 fully saturated rings. The predicted octanol–water partition coefficient (Wildman–Crippen LogP) is 2.62. The first-order valence-electron chi connectivity index (χ1n) is 13.8. The maximum absolute atomic E-state index is 13.2. The molecule has 226 valence electrons. The van der Waals surface area contributed by atoms with Crippen LogP contribution in [0.1, 0.15) is 41.8 Å². The zero-order valence-electron chi connectivity index (χ0n) is 23.9. The van der Waals surface area contributed by atoms with Crippen molar-refractivity contribution >= 4 is 35.3 Å². The highest BCUT2D eigenvalue weighted by Gasteiger charge is 2.27. The van der Waals surface area contributed by atoms with Gasteiger partial charge in [-0.25, -0.2) is 4.79 Å². The van der Waals surface area contributed by atoms with Crippen molar-refractivity contribution in [1.29, 1.82) is 0 Å². The Hall–Kier alpha value is -5.03. The number of rotatable bonds is 15. The van der Waals surface area contributed by atoms with E-state index in [1.165, 1.54) is 38.1 Å². The first-order valence-corrected chi connectivity index (χ1v) is 13.8. The van der Waals surface area contributed by atoms with Crippen molar-refractivity contribution in [2.75, 3.05) is 5.32 Å². The zero-order chi connectivity index (χ0) is 31.4. The second-order valence-electron chi connectivity index (χ2n) is 10.2. The smallest absolute Gasteiger partial charge is 0.335 e. The molecule has 3 aromatic carbocycles. The topological polar surface area (TPSA) is 174 Å². The van der Waals surface area contributed by atoms with Crippen LogP contribution in [0.5, 0.6) is 0 Å². The molecule has 0 radical (unpaired) electrons. The van der Waals surface area contributed by atoms with Crippen molar-refractivity contribution in [1.82, 2.24) is 16.0 Å². The Labute approximate surface area is 249 Å². The van der Waals surface area contributed by atoms with Gasteiger partial charge in [0, 0.05) is 12.1 Å². The van der Waals surface area contributed by atoms with E-state index in [4.69, 9.17) is 5.11 Å². The fourth-order valence-electron chi connectivity index (χ4n) is 4.30. The van der Waals surface area contributed by atoms with E-state index >= 15 is 0 Å². The van der Waals surface area contributed by atoms with Gasteiger partial charge >= 0.3 is 11.9 Å². The number of carbonyl (C=O) groups is 5. The van der Waals surface area contributed by atoms with Crippen molar-refractivity contribution in [2.24, 2.45) is 0 Å². The Kier molecular flexibility index (Phi) is 12.0. The number of nitrogens with one attached hydrogen (secondary N) is 4. The van der Waals surface area contributed by atoms with Gasteiger partial charge in [-0.2, -0.15) is 0 Å². The molecule has 3 aromatic rings. The average Bonchev–Trinajstić information content (AvgIpc) is 2.99. The van der Waals surface area contributed by atoms with E-state index in [0.29, 0.717) is 12.1 Å². The summed E-state index contributed by atoms with van der Waals surface area (Å²) in [5.41, 5.74) is 2.37. The molecule has 0 aliphatic heterocycles. The number of aryl methyl sites for hydroxylation is 1. The van der Waals surface area contributed by atoms with E-state index in [1.807, 2.05) is 60.7 Å². The second kappa shape index (κ2) is 15.8. The highest BCUT2D eigenvalue weighted by molar-refractivity contribution is 6.02. The first-order chi connectivity index (χ1) is 20.5. The molecule has 4 atom stereocenters. The molecule has 0 saturated carbocycles. The molecule has 4 unspecified atom stereocenters. The summed E-state index contributed by atoms with van der Waals surface area (Å²) < 4.78 is 0. The highest BCUT2D eigenvalue weighted by atomic mass is 16.4. The summed E-state index contributed by atoms with van der Waals surface area (Å²) in [6, 6.07) is 20.5. The number of hydrogen-bond acceptors (Lipinski definition) is 7. The van der Waals surface area contributed by atoms with Crippen LogP contribution in [0, 0.1) is 0 Å². The SMILES string of the molecule is CC(NC(=O)C(C)NC(CCc1ccccc1)C(=O)O)C(=O)NC(=O)C(Cc1ccccc1)Nc1ccc(C(=O)O)cc1. The molecule has 0 saturated heterocycles. The molecule has 43 heavy (non-hydrogen) atoms. The summed E-state index contributed by atoms with van der Waals surface area (Å²) in [6.45, 7) is 2.92. The molecular weight excluding hydrogens is 552 g/mol. The molecule has 6 N–H and O–H groups in total. The lowest BCUT2D eigenvalue weighted by Crippen LogP contribution is -2.55. The number of aliphatic carboxylic acids is 1. The Morgan fingerprint density at radius 2 is 1.26 bits per heavy atom. The van der Waals surface area contributed by atoms with E-state index < -0.39 is 53.8 Å². The van der Waals surface area contributed by atoms with Gasteiger partial charge < -0.3 is 20.8 Å². The minimum Gasteiger partial charge on any atom is -0.480 e. The summed E-state index contributed by atoms with van der Waals surface area (Å²) in [4.78, 5) is 61.8. The number of aromatic carboxylic acids is 1. The third-order valence-corrected chi connectivity index (χ3v) is 6.78. The lowest BCUT2D eigenvalue weighted by atomic mass is 10.0. The summed E-state index contributed by atoms with van der Waals surface area (Å²) in [6.07, 6.45) is 0.986. The lowest BCUT2D eigenvalue weighted by molar-refractivity contribution is -0.140. The van der Waals surface area contributed by atoms with Crippen molar-refractivity contribution in [3.63, 3.8) is 0 Å². The van der Waals surface area contributed by atoms with Gasteiger partial charge in [-0.3, -0.25) is 29.8 Å². The number of anilines is 1. The predicted molar refractivity (Wildman–Crippen MR) is 160 cm³/mol. The fraction of sp³-hybridized carbons (Fsp3) is 0.281. The molecule has 0 spiro atoms. The van der Waals surface area contributed by atoms with Gasteiger partial charge in [-0.05, 0) is 62.1 Å². The van der Waals surface area contributed by atoms with E-state index in [1.54, 1.807) is 0 Å². The van der Waals surface area contributed by atoms with Gasteiger partial charge in [0.1, 0.15) is 18.1 Å². The van der Waals surface area contributed by atoms with Crippen LogP contribution in [0.15, 0.2) is 84.9 Å². The molecule has 11 heteroatoms. The van der Waals surface area contributed by atoms with Crippen LogP contribution in [-0.2, 0) is 32.0 Å². The Morgan fingerprint density at radius 1 is 0.674 bits per heavy atom. The van der Waals surface area contributed by atoms with Crippen LogP contribution in [0.25, 0.3) is 0 Å². The molecule has 0 bridgehead atoms. The third kappa shape index (κ3) is 10.4. The number of imide groups is 1. The van der Waals surface area contributed by atoms with Gasteiger partial charge in [0.25, 0.3) is 0 Å². The minimum atomic E-state index is -1.10. The largest absolute Gasteiger partial charge is 0.480 e. The van der Waals surface area contributed by atoms with Crippen LogP contribution in [-0.4, -0.2) is 64.0 Å². The Bertz CT molecular complexity index is 1400. The summed E-state index contributed by atoms with van der Waals surface area (Å²) in [5, 5.41) is 29.5. The summed E-state index contributed by atoms with van der Waals surface area (Å²) >= 11 is 0. The maximum atomic E-state index is 13.2. The van der Waals surface area contributed by atoms with Crippen molar-refractivity contribution in [2.45, 2.75) is 57.3 Å². The van der Waals surface area contributed by atoms with Crippen molar-refractivity contribution in [3.8, 4) is 0 Å². The molecular formula is C32H36N4O7. The summed E-state index contributed by atoms with van der Waals surface area (Å²) in [5.74, 6) is -4.16. The number of benzene rings is 3. The van der Waals surface area contributed by atoms with Crippen LogP contribution < -0.4 is 21.3 Å². The fourth-order valence-corrected chi connectivity index (χ4v) is 4.30. The highest BCUT2D eigenvalue weighted by Crippen LogP contribution is 2.14. The van der Waals surface area contributed by atoms with Crippen molar-refractivity contribution in [3.05, 3.63) is 102 Å². The maximum Gasteiger partial charge on any atom is 0.335 e. The molecule has 0 aliphatic carbocycles. The Morgan fingerprint density at radius 3 is 1.81 bits per heavy atom.